The van der Waals surface area contributed by atoms with Crippen LogP contribution in [0.25, 0.3) is 16.7 Å². The van der Waals surface area contributed by atoms with Crippen molar-refractivity contribution in [3.8, 4) is 11.1 Å². The van der Waals surface area contributed by atoms with Crippen LogP contribution in [-0.4, -0.2) is 43.2 Å². The van der Waals surface area contributed by atoms with Crippen molar-refractivity contribution in [3.63, 3.8) is 0 Å². The van der Waals surface area contributed by atoms with Crippen LogP contribution in [0.4, 0.5) is 4.39 Å². The van der Waals surface area contributed by atoms with Gasteiger partial charge >= 0.3 is 0 Å². The molecule has 8 heteroatoms. The number of aromatic nitrogens is 5. The number of hydrogen-bond donors (Lipinski definition) is 2. The average molecular weight is 560 g/mol. The number of halogens is 1. The van der Waals surface area contributed by atoms with Crippen molar-refractivity contribution in [1.82, 2.24) is 30.2 Å². The molecule has 3 atom stereocenters. The smallest absolute Gasteiger partial charge is 0.157 e. The van der Waals surface area contributed by atoms with E-state index in [1.54, 1.807) is 12.4 Å². The van der Waals surface area contributed by atoms with Crippen LogP contribution in [0.3, 0.4) is 0 Å². The highest BCUT2D eigenvalue weighted by atomic mass is 19.1. The molecule has 2 unspecified atom stereocenters. The molecule has 2 saturated carbocycles. The lowest BCUT2D eigenvalue weighted by Crippen LogP contribution is -2.20. The van der Waals surface area contributed by atoms with E-state index in [0.29, 0.717) is 22.7 Å². The predicted molar refractivity (Wildman–Crippen MR) is 161 cm³/mol. The zero-order valence-electron chi connectivity index (χ0n) is 23.8. The van der Waals surface area contributed by atoms with E-state index in [0.717, 1.165) is 71.3 Å². The second-order valence-electron chi connectivity index (χ2n) is 12.3. The van der Waals surface area contributed by atoms with Crippen molar-refractivity contribution < 1.29 is 4.39 Å². The van der Waals surface area contributed by atoms with E-state index in [1.165, 1.54) is 25.7 Å². The normalized spacial score (nSPS) is 22.7. The SMILES string of the molecule is CC1=CCC(c2ccccn2)c2[nH]c(C3=N[C@H]4CC4c4ncc(-c5cncc(CNCC6CCCC6)c5)c(F)c43)nc21. The second kappa shape index (κ2) is 10.3. The molecule has 5 heterocycles. The lowest BCUT2D eigenvalue weighted by atomic mass is 9.88. The monoisotopic (exact) mass is 559 g/mol. The third kappa shape index (κ3) is 4.49. The molecular formula is C34H34FN7. The quantitative estimate of drug-likeness (QED) is 0.276. The summed E-state index contributed by atoms with van der Waals surface area (Å²) in [6, 6.07) is 8.15. The maximum atomic E-state index is 16.6. The number of aromatic amines is 1. The molecule has 0 radical (unpaired) electrons. The molecule has 4 aliphatic rings. The lowest BCUT2D eigenvalue weighted by Gasteiger charge is -2.19. The molecule has 0 spiro atoms. The van der Waals surface area contributed by atoms with Gasteiger partial charge in [0.05, 0.1) is 28.7 Å². The Balaban J connectivity index is 1.14. The summed E-state index contributed by atoms with van der Waals surface area (Å²) in [4.78, 5) is 27.5. The molecule has 0 amide bonds. The fourth-order valence-electron chi connectivity index (χ4n) is 7.02. The summed E-state index contributed by atoms with van der Waals surface area (Å²) in [6.07, 6.45) is 16.3. The van der Waals surface area contributed by atoms with Gasteiger partial charge in [-0.1, -0.05) is 25.0 Å². The van der Waals surface area contributed by atoms with Crippen LogP contribution in [0, 0.1) is 11.7 Å². The fraction of sp³-hybridized carbons (Fsp3) is 0.382. The first-order valence-electron chi connectivity index (χ1n) is 15.2. The van der Waals surface area contributed by atoms with Gasteiger partial charge in [-0.15, -0.1) is 0 Å². The Morgan fingerprint density at radius 1 is 1.10 bits per heavy atom. The van der Waals surface area contributed by atoms with Crippen LogP contribution in [0.5, 0.6) is 0 Å². The molecule has 1 aliphatic heterocycles. The number of aliphatic imine (C=N–C) groups is 1. The Morgan fingerprint density at radius 2 is 2.00 bits per heavy atom. The maximum Gasteiger partial charge on any atom is 0.157 e. The van der Waals surface area contributed by atoms with Crippen molar-refractivity contribution in [2.45, 2.75) is 69.9 Å². The van der Waals surface area contributed by atoms with E-state index in [2.05, 4.69) is 33.3 Å². The highest BCUT2D eigenvalue weighted by molar-refractivity contribution is 6.13. The minimum absolute atomic E-state index is 0.0638. The van der Waals surface area contributed by atoms with Gasteiger partial charge in [-0.3, -0.25) is 19.9 Å². The Labute approximate surface area is 244 Å². The number of pyridine rings is 3. The first-order valence-corrected chi connectivity index (χ1v) is 15.2. The van der Waals surface area contributed by atoms with E-state index in [1.807, 2.05) is 36.7 Å². The van der Waals surface area contributed by atoms with Gasteiger partial charge in [0, 0.05) is 60.0 Å². The maximum absolute atomic E-state index is 16.6. The number of imidazole rings is 1. The van der Waals surface area contributed by atoms with Crippen molar-refractivity contribution in [2.24, 2.45) is 10.9 Å². The van der Waals surface area contributed by atoms with E-state index >= 15 is 4.39 Å². The standard InChI is InChI=1S/C34H34FN7/c1-19-9-10-23(26-8-4-5-11-38-26)32-30(19)41-34(42-32)33-28-29(35)25(18-39-31(28)24-13-27(24)40-33)22-12-21(16-37-17-22)15-36-14-20-6-2-3-7-20/h4-5,8-9,11-12,16-18,20,23-24,27,36H,2-3,6-7,10,13-15H2,1H3,(H,41,42)/t23?,24?,27-/m0/s1. The van der Waals surface area contributed by atoms with Crippen molar-refractivity contribution in [1.29, 1.82) is 0 Å². The van der Waals surface area contributed by atoms with Gasteiger partial charge in [0.1, 0.15) is 11.5 Å². The first kappa shape index (κ1) is 25.7. The third-order valence-corrected chi connectivity index (χ3v) is 9.41. The first-order chi connectivity index (χ1) is 20.6. The van der Waals surface area contributed by atoms with E-state index < -0.39 is 0 Å². The van der Waals surface area contributed by atoms with E-state index in [-0.39, 0.29) is 23.7 Å². The number of rotatable bonds is 7. The van der Waals surface area contributed by atoms with Crippen molar-refractivity contribution >= 4 is 11.3 Å². The summed E-state index contributed by atoms with van der Waals surface area (Å²) in [6.45, 7) is 3.81. The Bertz CT molecular complexity index is 1720. The molecule has 42 heavy (non-hydrogen) atoms. The van der Waals surface area contributed by atoms with Crippen LogP contribution >= 0.6 is 0 Å². The van der Waals surface area contributed by atoms with Gasteiger partial charge in [-0.05, 0) is 74.4 Å². The summed E-state index contributed by atoms with van der Waals surface area (Å²) in [7, 11) is 0. The average Bonchev–Trinajstić information content (AvgIpc) is 3.37. The van der Waals surface area contributed by atoms with Crippen LogP contribution < -0.4 is 5.32 Å². The van der Waals surface area contributed by atoms with Gasteiger partial charge < -0.3 is 10.3 Å². The van der Waals surface area contributed by atoms with Gasteiger partial charge in [0.25, 0.3) is 0 Å². The van der Waals surface area contributed by atoms with Crippen LogP contribution in [0.2, 0.25) is 0 Å². The molecule has 3 aliphatic carbocycles. The van der Waals surface area contributed by atoms with Gasteiger partial charge in [-0.25, -0.2) is 9.37 Å². The van der Waals surface area contributed by atoms with Gasteiger partial charge in [-0.2, -0.15) is 0 Å². The summed E-state index contributed by atoms with van der Waals surface area (Å²) in [5, 5.41) is 3.58. The Hall–Kier alpha value is -4.04. The van der Waals surface area contributed by atoms with Crippen LogP contribution in [-0.2, 0) is 6.54 Å². The number of nitrogens with zero attached hydrogens (tertiary/aromatic N) is 5. The minimum atomic E-state index is -0.301. The highest BCUT2D eigenvalue weighted by Gasteiger charge is 2.47. The summed E-state index contributed by atoms with van der Waals surface area (Å²) >= 11 is 0. The molecular weight excluding hydrogens is 525 g/mol. The molecule has 212 valence electrons. The summed E-state index contributed by atoms with van der Waals surface area (Å²) in [5.74, 6) is 1.30. The minimum Gasteiger partial charge on any atom is -0.339 e. The van der Waals surface area contributed by atoms with E-state index in [4.69, 9.17) is 15.0 Å². The molecule has 0 saturated heterocycles. The largest absolute Gasteiger partial charge is 0.339 e. The number of hydrogen-bond acceptors (Lipinski definition) is 6. The third-order valence-electron chi connectivity index (χ3n) is 9.41. The topological polar surface area (TPSA) is 91.7 Å². The number of allylic oxidation sites excluding steroid dienone is 2. The van der Waals surface area contributed by atoms with Crippen molar-refractivity contribution in [3.05, 3.63) is 101 Å². The highest BCUT2D eigenvalue weighted by Crippen LogP contribution is 2.49. The van der Waals surface area contributed by atoms with Crippen LogP contribution in [0.15, 0.2) is 60.1 Å². The van der Waals surface area contributed by atoms with E-state index in [9.17, 15) is 0 Å². The molecule has 2 fully saturated rings. The lowest BCUT2D eigenvalue weighted by molar-refractivity contribution is 0.489. The predicted octanol–water partition coefficient (Wildman–Crippen LogP) is 6.33. The zero-order chi connectivity index (χ0) is 28.2. The number of fused-ring (bicyclic) bond motifs is 4. The fourth-order valence-corrected chi connectivity index (χ4v) is 7.02. The summed E-state index contributed by atoms with van der Waals surface area (Å²) in [5.41, 5.74) is 8.06. The molecule has 2 N–H and O–H groups in total. The molecule has 4 aromatic rings. The Kier molecular flexibility index (Phi) is 6.32. The second-order valence-corrected chi connectivity index (χ2v) is 12.3. The van der Waals surface area contributed by atoms with Gasteiger partial charge in [0.2, 0.25) is 0 Å². The van der Waals surface area contributed by atoms with Crippen molar-refractivity contribution in [2.75, 3.05) is 6.54 Å². The molecule has 4 aromatic heterocycles. The molecule has 0 aromatic carbocycles. The summed E-state index contributed by atoms with van der Waals surface area (Å²) < 4.78 is 16.6. The van der Waals surface area contributed by atoms with Crippen LogP contribution in [0.1, 0.15) is 97.0 Å². The van der Waals surface area contributed by atoms with Gasteiger partial charge in [0.15, 0.2) is 5.82 Å². The zero-order valence-corrected chi connectivity index (χ0v) is 23.8. The molecule has 7 nitrogen and oxygen atoms in total. The molecule has 8 rings (SSSR count). The number of nitrogens with one attached hydrogen (secondary N) is 2. The number of H-pyrrole nitrogens is 1. The Morgan fingerprint density at radius 3 is 2.86 bits per heavy atom. The molecule has 0 bridgehead atoms.